The van der Waals surface area contributed by atoms with Crippen LogP contribution in [0.25, 0.3) is 0 Å². The average molecular weight is 304 g/mol. The summed E-state index contributed by atoms with van der Waals surface area (Å²) in [7, 11) is 1.61. The molecule has 16 heavy (non-hydrogen) atoms. The number of methoxy groups -OCH3 is 1. The van der Waals surface area contributed by atoms with Gasteiger partial charge in [-0.2, -0.15) is 0 Å². The first kappa shape index (κ1) is 11.3. The van der Waals surface area contributed by atoms with Crippen LogP contribution in [0.4, 0.5) is 0 Å². The molecule has 0 aliphatic heterocycles. The van der Waals surface area contributed by atoms with Gasteiger partial charge in [-0.25, -0.2) is 4.68 Å². The molecule has 0 aliphatic carbocycles. The smallest absolute Gasteiger partial charge is 0.218 e. The Balaban J connectivity index is 2.33. The molecular formula is C9H8BrClN4O. The molecule has 0 aliphatic rings. The van der Waals surface area contributed by atoms with Crippen LogP contribution in [-0.4, -0.2) is 27.3 Å². The Bertz CT molecular complexity index is 502. The van der Waals surface area contributed by atoms with Crippen molar-refractivity contribution in [2.24, 2.45) is 0 Å². The highest BCUT2D eigenvalue weighted by molar-refractivity contribution is 9.10. The monoisotopic (exact) mass is 302 g/mol. The van der Waals surface area contributed by atoms with Crippen LogP contribution in [0.1, 0.15) is 5.56 Å². The lowest BCUT2D eigenvalue weighted by atomic mass is 10.2. The molecular weight excluding hydrogens is 295 g/mol. The van der Waals surface area contributed by atoms with Crippen molar-refractivity contribution in [3.63, 3.8) is 0 Å². The van der Waals surface area contributed by atoms with Crippen molar-refractivity contribution in [3.8, 4) is 5.75 Å². The topological polar surface area (TPSA) is 52.8 Å². The molecule has 0 saturated heterocycles. The van der Waals surface area contributed by atoms with Crippen LogP contribution >= 0.6 is 27.5 Å². The number of tetrazole rings is 1. The van der Waals surface area contributed by atoms with Crippen LogP contribution in [0.3, 0.4) is 0 Å². The average Bonchev–Trinajstić information content (AvgIpc) is 2.65. The Morgan fingerprint density at radius 2 is 2.31 bits per heavy atom. The molecule has 5 nitrogen and oxygen atoms in total. The van der Waals surface area contributed by atoms with Gasteiger partial charge in [0.1, 0.15) is 5.75 Å². The van der Waals surface area contributed by atoms with Crippen molar-refractivity contribution in [3.05, 3.63) is 33.5 Å². The van der Waals surface area contributed by atoms with E-state index in [1.807, 2.05) is 12.1 Å². The molecule has 1 heterocycles. The summed E-state index contributed by atoms with van der Waals surface area (Å²) in [6, 6.07) is 5.42. The maximum atomic E-state index is 5.93. The molecule has 2 rings (SSSR count). The van der Waals surface area contributed by atoms with Gasteiger partial charge in [-0.3, -0.25) is 0 Å². The highest BCUT2D eigenvalue weighted by atomic mass is 79.9. The van der Waals surface area contributed by atoms with Crippen LogP contribution in [0.5, 0.6) is 5.75 Å². The zero-order chi connectivity index (χ0) is 11.5. The van der Waals surface area contributed by atoms with Gasteiger partial charge in [0, 0.05) is 10.6 Å². The minimum Gasteiger partial charge on any atom is -0.496 e. The van der Waals surface area contributed by atoms with Crippen LogP contribution < -0.4 is 4.74 Å². The normalized spacial score (nSPS) is 10.4. The van der Waals surface area contributed by atoms with Crippen molar-refractivity contribution >= 4 is 27.5 Å². The van der Waals surface area contributed by atoms with Crippen LogP contribution in [0, 0.1) is 0 Å². The number of aromatic nitrogens is 4. The van der Waals surface area contributed by atoms with E-state index in [-0.39, 0.29) is 0 Å². The van der Waals surface area contributed by atoms with E-state index in [1.165, 1.54) is 0 Å². The number of halogens is 2. The molecule has 0 fully saturated rings. The maximum absolute atomic E-state index is 5.93. The summed E-state index contributed by atoms with van der Waals surface area (Å²) in [5, 5.41) is 11.8. The van der Waals surface area contributed by atoms with E-state index in [9.17, 15) is 0 Å². The lowest BCUT2D eigenvalue weighted by Gasteiger charge is -2.08. The molecule has 0 unspecified atom stereocenters. The number of hydrogen-bond acceptors (Lipinski definition) is 4. The lowest BCUT2D eigenvalue weighted by Crippen LogP contribution is -2.04. The largest absolute Gasteiger partial charge is 0.496 e. The predicted octanol–water partition coefficient (Wildman–Crippen LogP) is 2.15. The second kappa shape index (κ2) is 4.80. The first-order chi connectivity index (χ1) is 7.70. The number of ether oxygens (including phenoxy) is 1. The van der Waals surface area contributed by atoms with Crippen LogP contribution in [-0.2, 0) is 6.54 Å². The zero-order valence-electron chi connectivity index (χ0n) is 8.39. The van der Waals surface area contributed by atoms with Crippen molar-refractivity contribution in [2.45, 2.75) is 6.54 Å². The molecule has 0 N–H and O–H groups in total. The molecule has 84 valence electrons. The lowest BCUT2D eigenvalue weighted by molar-refractivity contribution is 0.407. The van der Waals surface area contributed by atoms with E-state index >= 15 is 0 Å². The predicted molar refractivity (Wildman–Crippen MR) is 62.6 cm³/mol. The summed E-state index contributed by atoms with van der Waals surface area (Å²) < 4.78 is 7.40. The highest BCUT2D eigenvalue weighted by Gasteiger charge is 2.08. The van der Waals surface area contributed by atoms with Crippen molar-refractivity contribution in [1.82, 2.24) is 20.2 Å². The number of rotatable bonds is 3. The fourth-order valence-electron chi connectivity index (χ4n) is 1.32. The molecule has 0 saturated carbocycles. The molecule has 7 heteroatoms. The maximum Gasteiger partial charge on any atom is 0.218 e. The van der Waals surface area contributed by atoms with Gasteiger partial charge in [-0.15, -0.1) is 5.10 Å². The number of benzene rings is 1. The first-order valence-corrected chi connectivity index (χ1v) is 5.62. The second-order valence-electron chi connectivity index (χ2n) is 3.06. The standard InChI is InChI=1S/C9H8BrClN4O/c1-16-8-3-2-7(11)4-6(8)5-15-9(10)12-13-14-15/h2-4H,5H2,1H3. The van der Waals surface area contributed by atoms with Crippen molar-refractivity contribution < 1.29 is 4.74 Å². The van der Waals surface area contributed by atoms with Gasteiger partial charge >= 0.3 is 0 Å². The van der Waals surface area contributed by atoms with E-state index in [4.69, 9.17) is 16.3 Å². The Morgan fingerprint density at radius 1 is 1.50 bits per heavy atom. The Morgan fingerprint density at radius 3 is 2.94 bits per heavy atom. The van der Waals surface area contributed by atoms with Gasteiger partial charge in [0.05, 0.1) is 13.7 Å². The Kier molecular flexibility index (Phi) is 3.40. The van der Waals surface area contributed by atoms with Crippen LogP contribution in [0.15, 0.2) is 22.9 Å². The quantitative estimate of drug-likeness (QED) is 0.872. The van der Waals surface area contributed by atoms with E-state index in [1.54, 1.807) is 17.9 Å². The Labute approximate surface area is 105 Å². The fourth-order valence-corrected chi connectivity index (χ4v) is 1.78. The number of nitrogens with zero attached hydrogens (tertiary/aromatic N) is 4. The number of hydrogen-bond donors (Lipinski definition) is 0. The van der Waals surface area contributed by atoms with E-state index in [2.05, 4.69) is 31.5 Å². The third-order valence-electron chi connectivity index (χ3n) is 2.05. The third kappa shape index (κ3) is 2.33. The van der Waals surface area contributed by atoms with Gasteiger partial charge in [0.25, 0.3) is 0 Å². The zero-order valence-corrected chi connectivity index (χ0v) is 10.7. The van der Waals surface area contributed by atoms with Gasteiger partial charge in [-0.05, 0) is 44.6 Å². The van der Waals surface area contributed by atoms with Crippen molar-refractivity contribution in [1.29, 1.82) is 0 Å². The van der Waals surface area contributed by atoms with Crippen molar-refractivity contribution in [2.75, 3.05) is 7.11 Å². The minimum absolute atomic E-state index is 0.497. The molecule has 0 radical (unpaired) electrons. The third-order valence-corrected chi connectivity index (χ3v) is 2.85. The SMILES string of the molecule is COc1ccc(Cl)cc1Cn1nnnc1Br. The summed E-state index contributed by atoms with van der Waals surface area (Å²) >= 11 is 9.17. The molecule has 1 aromatic carbocycles. The van der Waals surface area contributed by atoms with Gasteiger partial charge in [-0.1, -0.05) is 11.6 Å². The molecule has 2 aromatic rings. The first-order valence-electron chi connectivity index (χ1n) is 4.45. The van der Waals surface area contributed by atoms with Crippen LogP contribution in [0.2, 0.25) is 5.02 Å². The summed E-state index contributed by atoms with van der Waals surface area (Å²) in [6.07, 6.45) is 0. The minimum atomic E-state index is 0.497. The molecule has 0 bridgehead atoms. The van der Waals surface area contributed by atoms with Gasteiger partial charge in [0.2, 0.25) is 4.73 Å². The molecule has 0 atom stereocenters. The summed E-state index contributed by atoms with van der Waals surface area (Å²) in [5.74, 6) is 0.756. The molecule has 1 aromatic heterocycles. The van der Waals surface area contributed by atoms with Gasteiger partial charge in [0.15, 0.2) is 0 Å². The van der Waals surface area contributed by atoms with Gasteiger partial charge < -0.3 is 4.74 Å². The van der Waals surface area contributed by atoms with E-state index < -0.39 is 0 Å². The summed E-state index contributed by atoms with van der Waals surface area (Å²) in [6.45, 7) is 0.497. The summed E-state index contributed by atoms with van der Waals surface area (Å²) in [4.78, 5) is 0. The molecule has 0 spiro atoms. The summed E-state index contributed by atoms with van der Waals surface area (Å²) in [5.41, 5.74) is 0.919. The second-order valence-corrected chi connectivity index (χ2v) is 4.21. The van der Waals surface area contributed by atoms with E-state index in [0.29, 0.717) is 16.3 Å². The highest BCUT2D eigenvalue weighted by Crippen LogP contribution is 2.23. The fraction of sp³-hybridized carbons (Fsp3) is 0.222. The van der Waals surface area contributed by atoms with E-state index in [0.717, 1.165) is 11.3 Å². The molecule has 0 amide bonds. The Hall–Kier alpha value is -1.14.